The first kappa shape index (κ1) is 18.7. The number of ether oxygens (including phenoxy) is 3. The van der Waals surface area contributed by atoms with Crippen molar-refractivity contribution in [2.24, 2.45) is 0 Å². The summed E-state index contributed by atoms with van der Waals surface area (Å²) in [5.74, 6) is -0.233. The summed E-state index contributed by atoms with van der Waals surface area (Å²) in [6.45, 7) is 11.2. The molecule has 7 nitrogen and oxygen atoms in total. The van der Waals surface area contributed by atoms with Crippen LogP contribution in [0.1, 0.15) is 41.5 Å². The van der Waals surface area contributed by atoms with Crippen LogP contribution < -0.4 is 5.32 Å². The van der Waals surface area contributed by atoms with E-state index in [0.717, 1.165) is 0 Å². The minimum atomic E-state index is -0.793. The Morgan fingerprint density at radius 3 is 2.41 bits per heavy atom. The maximum absolute atomic E-state index is 12.5. The van der Waals surface area contributed by atoms with Gasteiger partial charge in [0.1, 0.15) is 17.9 Å². The zero-order valence-electron chi connectivity index (χ0n) is 14.6. The molecule has 1 N–H and O–H groups in total. The molecular formula is C15H28N2O5. The molecule has 1 fully saturated rings. The van der Waals surface area contributed by atoms with E-state index in [9.17, 15) is 9.59 Å². The van der Waals surface area contributed by atoms with Crippen LogP contribution in [-0.2, 0) is 19.0 Å². The third kappa shape index (κ3) is 4.84. The highest BCUT2D eigenvalue weighted by molar-refractivity contribution is 5.77. The average molecular weight is 316 g/mol. The molecule has 0 saturated carbocycles. The molecule has 1 saturated heterocycles. The summed E-state index contributed by atoms with van der Waals surface area (Å²) in [5, 5.41) is 2.75. The maximum Gasteiger partial charge on any atom is 0.412 e. The number of hydrogen-bond acceptors (Lipinski definition) is 5. The fraction of sp³-hybridized carbons (Fsp3) is 0.867. The van der Waals surface area contributed by atoms with Gasteiger partial charge in [0.05, 0.1) is 12.1 Å². The number of hydrogen-bond donors (Lipinski definition) is 1. The van der Waals surface area contributed by atoms with Crippen LogP contribution in [0, 0.1) is 0 Å². The molecule has 0 spiro atoms. The van der Waals surface area contributed by atoms with Crippen LogP contribution in [0.4, 0.5) is 4.79 Å². The molecular weight excluding hydrogens is 288 g/mol. The van der Waals surface area contributed by atoms with Gasteiger partial charge < -0.3 is 19.5 Å². The first-order valence-electron chi connectivity index (χ1n) is 7.43. The highest BCUT2D eigenvalue weighted by atomic mass is 16.6. The van der Waals surface area contributed by atoms with E-state index in [1.165, 1.54) is 7.11 Å². The first-order valence-corrected chi connectivity index (χ1v) is 7.43. The third-order valence-electron chi connectivity index (χ3n) is 3.30. The Hall–Kier alpha value is -1.34. The minimum Gasteiger partial charge on any atom is -0.444 e. The maximum atomic E-state index is 12.5. The van der Waals surface area contributed by atoms with Crippen LogP contribution in [0.25, 0.3) is 0 Å². The fourth-order valence-electron chi connectivity index (χ4n) is 2.52. The number of methoxy groups -OCH3 is 1. The highest BCUT2D eigenvalue weighted by Gasteiger charge is 2.49. The predicted molar refractivity (Wildman–Crippen MR) is 81.4 cm³/mol. The lowest BCUT2D eigenvalue weighted by Gasteiger charge is -2.35. The number of carbonyl (C=O) groups is 2. The Kier molecular flexibility index (Phi) is 5.81. The molecule has 1 heterocycles. The Morgan fingerprint density at radius 2 is 1.91 bits per heavy atom. The van der Waals surface area contributed by atoms with Crippen LogP contribution in [0.5, 0.6) is 0 Å². The monoisotopic (exact) mass is 316 g/mol. The van der Waals surface area contributed by atoms with E-state index in [0.29, 0.717) is 0 Å². The molecule has 0 aliphatic carbocycles. The number of carbonyl (C=O) groups excluding carboxylic acids is 2. The van der Waals surface area contributed by atoms with Gasteiger partial charge in [-0.05, 0) is 41.5 Å². The van der Waals surface area contributed by atoms with Crippen molar-refractivity contribution < 1.29 is 23.8 Å². The summed E-state index contributed by atoms with van der Waals surface area (Å²) in [5.41, 5.74) is -1.39. The van der Waals surface area contributed by atoms with Crippen LogP contribution in [0.15, 0.2) is 0 Å². The van der Waals surface area contributed by atoms with Gasteiger partial charge in [-0.3, -0.25) is 9.69 Å². The summed E-state index contributed by atoms with van der Waals surface area (Å²) in [4.78, 5) is 25.6. The molecule has 1 aliphatic heterocycles. The highest BCUT2D eigenvalue weighted by Crippen LogP contribution is 2.33. The van der Waals surface area contributed by atoms with E-state index in [2.05, 4.69) is 5.32 Å². The van der Waals surface area contributed by atoms with Gasteiger partial charge in [0.2, 0.25) is 5.91 Å². The lowest BCUT2D eigenvalue weighted by Crippen LogP contribution is -2.53. The normalized spacial score (nSPS) is 24.2. The molecule has 2 amide bonds. The molecule has 22 heavy (non-hydrogen) atoms. The van der Waals surface area contributed by atoms with Gasteiger partial charge in [0.15, 0.2) is 0 Å². The Balaban J connectivity index is 2.83. The molecule has 0 unspecified atom stereocenters. The minimum absolute atomic E-state index is 0.0161. The third-order valence-corrected chi connectivity index (χ3v) is 3.30. The lowest BCUT2D eigenvalue weighted by atomic mass is 10.1. The number of nitrogens with one attached hydrogen (secondary N) is 1. The van der Waals surface area contributed by atoms with E-state index in [1.807, 2.05) is 41.5 Å². The molecule has 7 heteroatoms. The van der Waals surface area contributed by atoms with Crippen LogP contribution in [0.3, 0.4) is 0 Å². The fourth-order valence-corrected chi connectivity index (χ4v) is 2.52. The van der Waals surface area contributed by atoms with Crippen molar-refractivity contribution in [3.05, 3.63) is 0 Å². The van der Waals surface area contributed by atoms with Crippen molar-refractivity contribution in [3.63, 3.8) is 0 Å². The molecule has 0 bridgehead atoms. The molecule has 1 rings (SSSR count). The van der Waals surface area contributed by atoms with E-state index >= 15 is 0 Å². The zero-order valence-corrected chi connectivity index (χ0v) is 14.6. The van der Waals surface area contributed by atoms with Crippen molar-refractivity contribution >= 4 is 12.0 Å². The van der Waals surface area contributed by atoms with E-state index in [1.54, 1.807) is 4.90 Å². The van der Waals surface area contributed by atoms with Crippen molar-refractivity contribution in [1.29, 1.82) is 0 Å². The molecule has 0 aromatic rings. The predicted octanol–water partition coefficient (Wildman–Crippen LogP) is 1.51. The standard InChI is InChI=1S/C15H28N2O5/c1-10-11(8-16-12(18)9-20-7)17(15(5,6)21-10)13(19)22-14(2,3)4/h10-11H,8-9H2,1-7H3,(H,16,18)/t10-,11+/m0/s1. The molecule has 0 aromatic heterocycles. The quantitative estimate of drug-likeness (QED) is 0.850. The number of amides is 2. The van der Waals surface area contributed by atoms with Gasteiger partial charge in [-0.15, -0.1) is 0 Å². The summed E-state index contributed by atoms with van der Waals surface area (Å²) in [7, 11) is 1.46. The molecule has 1 aliphatic rings. The van der Waals surface area contributed by atoms with Gasteiger partial charge in [0.25, 0.3) is 0 Å². The smallest absolute Gasteiger partial charge is 0.412 e. The van der Waals surface area contributed by atoms with Gasteiger partial charge in [0, 0.05) is 13.7 Å². The SMILES string of the molecule is COCC(=O)NC[C@@H]1[C@H](C)OC(C)(C)N1C(=O)OC(C)(C)C. The Morgan fingerprint density at radius 1 is 1.32 bits per heavy atom. The molecule has 128 valence electrons. The molecule has 2 atom stereocenters. The summed E-state index contributed by atoms with van der Waals surface area (Å²) in [6.07, 6.45) is -0.668. The largest absolute Gasteiger partial charge is 0.444 e. The second-order valence-electron chi connectivity index (χ2n) is 6.92. The van der Waals surface area contributed by atoms with Gasteiger partial charge >= 0.3 is 6.09 Å². The van der Waals surface area contributed by atoms with Gasteiger partial charge in [-0.2, -0.15) is 0 Å². The summed E-state index contributed by atoms with van der Waals surface area (Å²) < 4.78 is 16.1. The second kappa shape index (κ2) is 6.83. The summed E-state index contributed by atoms with van der Waals surface area (Å²) in [6, 6.07) is -0.300. The van der Waals surface area contributed by atoms with Crippen LogP contribution in [0.2, 0.25) is 0 Å². The Bertz CT molecular complexity index is 417. The van der Waals surface area contributed by atoms with E-state index < -0.39 is 17.4 Å². The molecule has 0 aromatic carbocycles. The number of nitrogens with zero attached hydrogens (tertiary/aromatic N) is 1. The van der Waals surface area contributed by atoms with Crippen molar-refractivity contribution in [2.45, 2.75) is 65.0 Å². The van der Waals surface area contributed by atoms with E-state index in [-0.39, 0.29) is 31.2 Å². The topological polar surface area (TPSA) is 77.1 Å². The first-order chi connectivity index (χ1) is 9.98. The van der Waals surface area contributed by atoms with Crippen molar-refractivity contribution in [3.8, 4) is 0 Å². The van der Waals surface area contributed by atoms with Gasteiger partial charge in [-0.25, -0.2) is 4.79 Å². The van der Waals surface area contributed by atoms with E-state index in [4.69, 9.17) is 14.2 Å². The Labute approximate surface area is 132 Å². The van der Waals surface area contributed by atoms with Gasteiger partial charge in [-0.1, -0.05) is 0 Å². The average Bonchev–Trinajstić information content (AvgIpc) is 2.53. The summed E-state index contributed by atoms with van der Waals surface area (Å²) >= 11 is 0. The molecule has 0 radical (unpaired) electrons. The second-order valence-corrected chi connectivity index (χ2v) is 6.92. The van der Waals surface area contributed by atoms with Crippen LogP contribution in [-0.4, -0.2) is 60.6 Å². The number of rotatable bonds is 4. The van der Waals surface area contributed by atoms with Crippen LogP contribution >= 0.6 is 0 Å². The van der Waals surface area contributed by atoms with Crippen molar-refractivity contribution in [2.75, 3.05) is 20.3 Å². The lowest BCUT2D eigenvalue weighted by molar-refractivity contribution is -0.125. The zero-order chi connectivity index (χ0) is 17.1. The van der Waals surface area contributed by atoms with Crippen molar-refractivity contribution in [1.82, 2.24) is 10.2 Å².